The highest BCUT2D eigenvalue weighted by atomic mass is 32.1. The SMILES string of the molecule is CCNC(=NCc1ncc(-c2ccccc2)[nH]1)NCC(C)c1ccsc1. The van der Waals surface area contributed by atoms with E-state index in [2.05, 4.69) is 68.4 Å². The minimum Gasteiger partial charge on any atom is -0.357 e. The molecule has 0 aliphatic carbocycles. The molecule has 26 heavy (non-hydrogen) atoms. The molecule has 2 heterocycles. The molecular weight excluding hydrogens is 342 g/mol. The van der Waals surface area contributed by atoms with Crippen molar-refractivity contribution in [3.05, 3.63) is 64.7 Å². The zero-order valence-electron chi connectivity index (χ0n) is 15.2. The van der Waals surface area contributed by atoms with Crippen LogP contribution >= 0.6 is 11.3 Å². The summed E-state index contributed by atoms with van der Waals surface area (Å²) in [6.07, 6.45) is 1.86. The van der Waals surface area contributed by atoms with Crippen molar-refractivity contribution >= 4 is 17.3 Å². The number of imidazole rings is 1. The van der Waals surface area contributed by atoms with Crippen molar-refractivity contribution in [2.24, 2.45) is 4.99 Å². The van der Waals surface area contributed by atoms with Crippen molar-refractivity contribution in [2.45, 2.75) is 26.3 Å². The van der Waals surface area contributed by atoms with Gasteiger partial charge in [0.15, 0.2) is 5.96 Å². The van der Waals surface area contributed by atoms with Gasteiger partial charge in [-0.2, -0.15) is 11.3 Å². The second-order valence-electron chi connectivity index (χ2n) is 6.14. The Balaban J connectivity index is 1.59. The van der Waals surface area contributed by atoms with Crippen LogP contribution in [0.2, 0.25) is 0 Å². The number of rotatable bonds is 7. The normalized spacial score (nSPS) is 12.8. The third-order valence-electron chi connectivity index (χ3n) is 4.13. The van der Waals surface area contributed by atoms with E-state index in [-0.39, 0.29) is 0 Å². The van der Waals surface area contributed by atoms with Crippen LogP contribution in [0.15, 0.2) is 58.3 Å². The van der Waals surface area contributed by atoms with E-state index in [1.54, 1.807) is 11.3 Å². The summed E-state index contributed by atoms with van der Waals surface area (Å²) >= 11 is 1.73. The lowest BCUT2D eigenvalue weighted by atomic mass is 10.1. The van der Waals surface area contributed by atoms with Crippen LogP contribution in [-0.2, 0) is 6.54 Å². The van der Waals surface area contributed by atoms with Gasteiger partial charge in [-0.15, -0.1) is 0 Å². The zero-order chi connectivity index (χ0) is 18.2. The van der Waals surface area contributed by atoms with Crippen LogP contribution in [0.3, 0.4) is 0 Å². The van der Waals surface area contributed by atoms with Crippen LogP contribution in [0.1, 0.15) is 31.2 Å². The van der Waals surface area contributed by atoms with Gasteiger partial charge in [-0.3, -0.25) is 0 Å². The fraction of sp³-hybridized carbons (Fsp3) is 0.300. The molecule has 0 aliphatic heterocycles. The summed E-state index contributed by atoms with van der Waals surface area (Å²) in [5.41, 5.74) is 3.50. The maximum absolute atomic E-state index is 4.65. The van der Waals surface area contributed by atoms with Gasteiger partial charge in [0.1, 0.15) is 12.4 Å². The number of benzene rings is 1. The molecule has 0 bridgehead atoms. The van der Waals surface area contributed by atoms with Gasteiger partial charge < -0.3 is 15.6 Å². The molecule has 1 atom stereocenters. The average molecular weight is 368 g/mol. The fourth-order valence-electron chi connectivity index (χ4n) is 2.63. The Morgan fingerprint density at radius 1 is 1.23 bits per heavy atom. The van der Waals surface area contributed by atoms with Crippen molar-refractivity contribution in [3.63, 3.8) is 0 Å². The number of thiophene rings is 1. The van der Waals surface area contributed by atoms with E-state index in [1.807, 2.05) is 24.4 Å². The molecule has 0 aliphatic rings. The standard InChI is InChI=1S/C20H25N5S/c1-3-21-20(23-11-15(2)17-9-10-26-14-17)24-13-19-22-12-18(25-19)16-7-5-4-6-8-16/h4-10,12,14-15H,3,11,13H2,1-2H3,(H,22,25)(H2,21,23,24). The fourth-order valence-corrected chi connectivity index (χ4v) is 3.41. The molecule has 3 aromatic rings. The van der Waals surface area contributed by atoms with Crippen LogP contribution in [0, 0.1) is 0 Å². The van der Waals surface area contributed by atoms with Crippen molar-refractivity contribution in [1.82, 2.24) is 20.6 Å². The molecule has 0 saturated carbocycles. The predicted molar refractivity (Wildman–Crippen MR) is 110 cm³/mol. The zero-order valence-corrected chi connectivity index (χ0v) is 16.0. The van der Waals surface area contributed by atoms with Crippen molar-refractivity contribution in [3.8, 4) is 11.3 Å². The van der Waals surface area contributed by atoms with E-state index in [4.69, 9.17) is 0 Å². The van der Waals surface area contributed by atoms with Crippen LogP contribution in [0.4, 0.5) is 0 Å². The molecule has 136 valence electrons. The number of aromatic nitrogens is 2. The lowest BCUT2D eigenvalue weighted by Crippen LogP contribution is -2.39. The number of nitrogens with zero attached hydrogens (tertiary/aromatic N) is 2. The highest BCUT2D eigenvalue weighted by Gasteiger charge is 2.07. The Morgan fingerprint density at radius 3 is 2.81 bits per heavy atom. The molecule has 3 rings (SSSR count). The Hall–Kier alpha value is -2.60. The molecule has 0 saturated heterocycles. The van der Waals surface area contributed by atoms with Crippen LogP contribution in [0.25, 0.3) is 11.3 Å². The van der Waals surface area contributed by atoms with E-state index in [1.165, 1.54) is 5.56 Å². The van der Waals surface area contributed by atoms with E-state index < -0.39 is 0 Å². The second kappa shape index (κ2) is 9.20. The van der Waals surface area contributed by atoms with Gasteiger partial charge in [-0.25, -0.2) is 9.98 Å². The van der Waals surface area contributed by atoms with E-state index in [0.717, 1.165) is 36.1 Å². The number of H-pyrrole nitrogens is 1. The summed E-state index contributed by atoms with van der Waals surface area (Å²) in [5, 5.41) is 11.0. The summed E-state index contributed by atoms with van der Waals surface area (Å²) in [6, 6.07) is 12.4. The van der Waals surface area contributed by atoms with Gasteiger partial charge >= 0.3 is 0 Å². The first-order valence-electron chi connectivity index (χ1n) is 8.90. The van der Waals surface area contributed by atoms with E-state index >= 15 is 0 Å². The number of aromatic amines is 1. The smallest absolute Gasteiger partial charge is 0.191 e. The lowest BCUT2D eigenvalue weighted by Gasteiger charge is -2.15. The maximum atomic E-state index is 4.65. The second-order valence-corrected chi connectivity index (χ2v) is 6.92. The van der Waals surface area contributed by atoms with Crippen LogP contribution < -0.4 is 10.6 Å². The molecule has 3 N–H and O–H groups in total. The summed E-state index contributed by atoms with van der Waals surface area (Å²) in [6.45, 7) is 6.47. The molecule has 1 unspecified atom stereocenters. The van der Waals surface area contributed by atoms with Crippen molar-refractivity contribution in [1.29, 1.82) is 0 Å². The van der Waals surface area contributed by atoms with E-state index in [0.29, 0.717) is 12.5 Å². The molecule has 6 heteroatoms. The van der Waals surface area contributed by atoms with Crippen LogP contribution in [-0.4, -0.2) is 29.0 Å². The highest BCUT2D eigenvalue weighted by Crippen LogP contribution is 2.17. The van der Waals surface area contributed by atoms with Gasteiger partial charge in [-0.05, 0) is 40.8 Å². The molecule has 0 amide bonds. The van der Waals surface area contributed by atoms with Crippen molar-refractivity contribution < 1.29 is 0 Å². The summed E-state index contributed by atoms with van der Waals surface area (Å²) in [5.74, 6) is 2.11. The number of aliphatic imine (C=N–C) groups is 1. The van der Waals surface area contributed by atoms with E-state index in [9.17, 15) is 0 Å². The first-order chi connectivity index (χ1) is 12.8. The Bertz CT molecular complexity index is 808. The summed E-state index contributed by atoms with van der Waals surface area (Å²) < 4.78 is 0. The number of hydrogen-bond donors (Lipinski definition) is 3. The first-order valence-corrected chi connectivity index (χ1v) is 9.84. The quantitative estimate of drug-likeness (QED) is 0.437. The van der Waals surface area contributed by atoms with Gasteiger partial charge in [-0.1, -0.05) is 37.3 Å². The van der Waals surface area contributed by atoms with Gasteiger partial charge in [0.2, 0.25) is 0 Å². The third-order valence-corrected chi connectivity index (χ3v) is 4.83. The molecule has 0 spiro atoms. The largest absolute Gasteiger partial charge is 0.357 e. The topological polar surface area (TPSA) is 65.1 Å². The molecular formula is C20H25N5S. The van der Waals surface area contributed by atoms with Gasteiger partial charge in [0.05, 0.1) is 11.9 Å². The minimum absolute atomic E-state index is 0.443. The van der Waals surface area contributed by atoms with Gasteiger partial charge in [0, 0.05) is 13.1 Å². The molecule has 0 radical (unpaired) electrons. The Labute approximate surface area is 158 Å². The van der Waals surface area contributed by atoms with Gasteiger partial charge in [0.25, 0.3) is 0 Å². The van der Waals surface area contributed by atoms with Crippen LogP contribution in [0.5, 0.6) is 0 Å². The minimum atomic E-state index is 0.443. The average Bonchev–Trinajstić information content (AvgIpc) is 3.36. The highest BCUT2D eigenvalue weighted by molar-refractivity contribution is 7.07. The monoisotopic (exact) mass is 367 g/mol. The maximum Gasteiger partial charge on any atom is 0.191 e. The summed E-state index contributed by atoms with van der Waals surface area (Å²) in [4.78, 5) is 12.4. The Kier molecular flexibility index (Phi) is 6.44. The molecule has 0 fully saturated rings. The summed E-state index contributed by atoms with van der Waals surface area (Å²) in [7, 11) is 0. The molecule has 1 aromatic carbocycles. The van der Waals surface area contributed by atoms with Crippen molar-refractivity contribution in [2.75, 3.05) is 13.1 Å². The predicted octanol–water partition coefficient (Wildman–Crippen LogP) is 4.00. The third kappa shape index (κ3) is 4.95. The number of guanidine groups is 1. The first kappa shape index (κ1) is 18.2. The number of nitrogens with one attached hydrogen (secondary N) is 3. The number of hydrogen-bond acceptors (Lipinski definition) is 3. The Morgan fingerprint density at radius 2 is 2.08 bits per heavy atom. The molecule has 5 nitrogen and oxygen atoms in total. The molecule has 2 aromatic heterocycles. The lowest BCUT2D eigenvalue weighted by molar-refractivity contribution is 0.700.